The molecule has 0 spiro atoms. The van der Waals surface area contributed by atoms with Crippen LogP contribution >= 0.6 is 11.3 Å². The summed E-state index contributed by atoms with van der Waals surface area (Å²) < 4.78 is 1.09. The number of benzene rings is 1. The fourth-order valence-corrected chi connectivity index (χ4v) is 4.13. The number of aromatic nitrogens is 3. The molecule has 0 radical (unpaired) electrons. The molecule has 0 bridgehead atoms. The number of hydrogen-bond acceptors (Lipinski definition) is 6. The van der Waals surface area contributed by atoms with Crippen molar-refractivity contribution in [2.75, 3.05) is 16.8 Å². The van der Waals surface area contributed by atoms with Crippen LogP contribution in [-0.2, 0) is 9.59 Å². The maximum Gasteiger partial charge on any atom is 0.232 e. The molecule has 3 heterocycles. The van der Waals surface area contributed by atoms with Crippen LogP contribution in [0.3, 0.4) is 0 Å². The van der Waals surface area contributed by atoms with Crippen molar-refractivity contribution in [3.8, 4) is 0 Å². The summed E-state index contributed by atoms with van der Waals surface area (Å²) in [5, 5.41) is 3.73. The maximum absolute atomic E-state index is 12.6. The largest absolute Gasteiger partial charge is 0.312 e. The second-order valence-electron chi connectivity index (χ2n) is 6.75. The topological polar surface area (TPSA) is 88.1 Å². The third-order valence-corrected chi connectivity index (χ3v) is 5.45. The highest BCUT2D eigenvalue weighted by Crippen LogP contribution is 2.30. The lowest BCUT2D eigenvalue weighted by Gasteiger charge is -2.16. The van der Waals surface area contributed by atoms with E-state index in [4.69, 9.17) is 0 Å². The summed E-state index contributed by atoms with van der Waals surface area (Å²) in [5.74, 6) is -0.457. The summed E-state index contributed by atoms with van der Waals surface area (Å²) in [6.07, 6.45) is 0.171. The van der Waals surface area contributed by atoms with Crippen LogP contribution in [0.2, 0.25) is 0 Å². The number of amides is 2. The van der Waals surface area contributed by atoms with Gasteiger partial charge in [0.2, 0.25) is 17.8 Å². The molecule has 1 unspecified atom stereocenters. The second-order valence-corrected chi connectivity index (χ2v) is 7.99. The van der Waals surface area contributed by atoms with Gasteiger partial charge in [-0.2, -0.15) is 0 Å². The average Bonchev–Trinajstić information content (AvgIpc) is 3.14. The Balaban J connectivity index is 1.51. The Morgan fingerprint density at radius 2 is 1.89 bits per heavy atom. The SMILES string of the molecule is Cc1cc(C)nc(NC(=O)C2CC(=O)N(c3ccc4sc(C)nc4c3)C2)n1. The van der Waals surface area contributed by atoms with Gasteiger partial charge in [-0.1, -0.05) is 0 Å². The van der Waals surface area contributed by atoms with Gasteiger partial charge in [0.15, 0.2) is 0 Å². The lowest BCUT2D eigenvalue weighted by molar-refractivity contribution is -0.122. The summed E-state index contributed by atoms with van der Waals surface area (Å²) >= 11 is 1.62. The van der Waals surface area contributed by atoms with Gasteiger partial charge in [0.05, 0.1) is 21.1 Å². The van der Waals surface area contributed by atoms with E-state index in [1.807, 2.05) is 45.0 Å². The number of nitrogens with zero attached hydrogens (tertiary/aromatic N) is 4. The Morgan fingerprint density at radius 1 is 1.15 bits per heavy atom. The molecule has 1 N–H and O–H groups in total. The van der Waals surface area contributed by atoms with Crippen molar-refractivity contribution in [1.29, 1.82) is 0 Å². The van der Waals surface area contributed by atoms with Gasteiger partial charge >= 0.3 is 0 Å². The number of thiazole rings is 1. The molecule has 138 valence electrons. The van der Waals surface area contributed by atoms with Crippen LogP contribution in [0.5, 0.6) is 0 Å². The van der Waals surface area contributed by atoms with Crippen molar-refractivity contribution < 1.29 is 9.59 Å². The van der Waals surface area contributed by atoms with Crippen LogP contribution < -0.4 is 10.2 Å². The molecule has 8 heteroatoms. The molecule has 1 aromatic carbocycles. The average molecular weight is 381 g/mol. The van der Waals surface area contributed by atoms with E-state index >= 15 is 0 Å². The number of fused-ring (bicyclic) bond motifs is 1. The molecule has 2 aromatic heterocycles. The molecule has 1 aliphatic heterocycles. The zero-order valence-electron chi connectivity index (χ0n) is 15.3. The summed E-state index contributed by atoms with van der Waals surface area (Å²) in [6, 6.07) is 7.63. The molecule has 7 nitrogen and oxygen atoms in total. The smallest absolute Gasteiger partial charge is 0.232 e. The van der Waals surface area contributed by atoms with Crippen molar-refractivity contribution in [2.24, 2.45) is 5.92 Å². The molecule has 1 atom stereocenters. The van der Waals surface area contributed by atoms with E-state index in [1.165, 1.54) is 0 Å². The number of anilines is 2. The Bertz CT molecular complexity index is 1040. The molecule has 1 fully saturated rings. The van der Waals surface area contributed by atoms with E-state index in [-0.39, 0.29) is 24.2 Å². The van der Waals surface area contributed by atoms with Gasteiger partial charge in [0.25, 0.3) is 0 Å². The van der Waals surface area contributed by atoms with Crippen LogP contribution in [0.4, 0.5) is 11.6 Å². The van der Waals surface area contributed by atoms with Gasteiger partial charge in [0.1, 0.15) is 0 Å². The normalized spacial score (nSPS) is 16.9. The zero-order valence-corrected chi connectivity index (χ0v) is 16.1. The van der Waals surface area contributed by atoms with E-state index in [2.05, 4.69) is 20.3 Å². The van der Waals surface area contributed by atoms with Gasteiger partial charge in [-0.25, -0.2) is 15.0 Å². The van der Waals surface area contributed by atoms with E-state index < -0.39 is 5.92 Å². The van der Waals surface area contributed by atoms with Crippen LogP contribution in [0.25, 0.3) is 10.2 Å². The highest BCUT2D eigenvalue weighted by atomic mass is 32.1. The fourth-order valence-electron chi connectivity index (χ4n) is 3.33. The van der Waals surface area contributed by atoms with E-state index in [0.29, 0.717) is 6.54 Å². The fraction of sp³-hybridized carbons (Fsp3) is 0.316. The molecule has 0 aliphatic carbocycles. The maximum atomic E-state index is 12.6. The molecule has 27 heavy (non-hydrogen) atoms. The van der Waals surface area contributed by atoms with Gasteiger partial charge < -0.3 is 4.90 Å². The number of hydrogen-bond donors (Lipinski definition) is 1. The summed E-state index contributed by atoms with van der Waals surface area (Å²) in [5.41, 5.74) is 3.22. The van der Waals surface area contributed by atoms with Gasteiger partial charge in [-0.15, -0.1) is 11.3 Å². The van der Waals surface area contributed by atoms with Crippen LogP contribution in [0, 0.1) is 26.7 Å². The zero-order chi connectivity index (χ0) is 19.1. The molecule has 2 amide bonds. The number of carbonyl (C=O) groups excluding carboxylic acids is 2. The van der Waals surface area contributed by atoms with E-state index in [1.54, 1.807) is 16.2 Å². The second kappa shape index (κ2) is 6.70. The Morgan fingerprint density at radius 3 is 2.63 bits per heavy atom. The number of carbonyl (C=O) groups is 2. The standard InChI is InChI=1S/C19H19N5O2S/c1-10-6-11(2)21-19(20-10)23-18(26)13-7-17(25)24(9-13)14-4-5-16-15(8-14)22-12(3)27-16/h4-6,8,13H,7,9H2,1-3H3,(H,20,21,23,26). The molecule has 4 rings (SSSR count). The molecule has 3 aromatic rings. The third kappa shape index (κ3) is 3.52. The van der Waals surface area contributed by atoms with E-state index in [0.717, 1.165) is 32.3 Å². The van der Waals surface area contributed by atoms with Crippen molar-refractivity contribution in [1.82, 2.24) is 15.0 Å². The molecular formula is C19H19N5O2S. The minimum Gasteiger partial charge on any atom is -0.312 e. The minimum absolute atomic E-state index is 0.0669. The first-order valence-corrected chi connectivity index (χ1v) is 9.51. The van der Waals surface area contributed by atoms with Crippen molar-refractivity contribution in [2.45, 2.75) is 27.2 Å². The Labute approximate surface area is 160 Å². The lowest BCUT2D eigenvalue weighted by atomic mass is 10.1. The van der Waals surface area contributed by atoms with Crippen molar-refractivity contribution in [3.63, 3.8) is 0 Å². The number of aryl methyl sites for hydroxylation is 3. The first kappa shape index (κ1) is 17.5. The molecule has 0 saturated carbocycles. The highest BCUT2D eigenvalue weighted by molar-refractivity contribution is 7.18. The molecule has 1 aliphatic rings. The summed E-state index contributed by atoms with van der Waals surface area (Å²) in [4.78, 5) is 39.7. The highest BCUT2D eigenvalue weighted by Gasteiger charge is 2.35. The van der Waals surface area contributed by atoms with E-state index in [9.17, 15) is 9.59 Å². The first-order valence-electron chi connectivity index (χ1n) is 8.70. The van der Waals surface area contributed by atoms with Gasteiger partial charge in [-0.05, 0) is 45.0 Å². The van der Waals surface area contributed by atoms with Crippen LogP contribution in [0.1, 0.15) is 22.8 Å². The quantitative estimate of drug-likeness (QED) is 0.753. The first-order chi connectivity index (χ1) is 12.9. The van der Waals surface area contributed by atoms with Gasteiger partial charge in [0, 0.05) is 30.0 Å². The predicted octanol–water partition coefficient (Wildman–Crippen LogP) is 3.00. The van der Waals surface area contributed by atoms with Gasteiger partial charge in [-0.3, -0.25) is 14.9 Å². The Hall–Kier alpha value is -2.87. The number of rotatable bonds is 3. The molecule has 1 saturated heterocycles. The van der Waals surface area contributed by atoms with Crippen LogP contribution in [0.15, 0.2) is 24.3 Å². The third-order valence-electron chi connectivity index (χ3n) is 4.50. The summed E-state index contributed by atoms with van der Waals surface area (Å²) in [7, 11) is 0. The van der Waals surface area contributed by atoms with Crippen molar-refractivity contribution in [3.05, 3.63) is 40.7 Å². The lowest BCUT2D eigenvalue weighted by Crippen LogP contribution is -2.28. The van der Waals surface area contributed by atoms with Crippen LogP contribution in [-0.4, -0.2) is 33.3 Å². The monoisotopic (exact) mass is 381 g/mol. The summed E-state index contributed by atoms with van der Waals surface area (Å²) in [6.45, 7) is 5.99. The minimum atomic E-state index is -0.435. The Kier molecular flexibility index (Phi) is 4.35. The van der Waals surface area contributed by atoms with Crippen molar-refractivity contribution >= 4 is 45.0 Å². The predicted molar refractivity (Wildman–Crippen MR) is 105 cm³/mol. The molecular weight excluding hydrogens is 362 g/mol. The number of nitrogens with one attached hydrogen (secondary N) is 1.